The zero-order valence-corrected chi connectivity index (χ0v) is 18.3. The van der Waals surface area contributed by atoms with Gasteiger partial charge in [-0.05, 0) is 71.0 Å². The minimum Gasteiger partial charge on any atom is -0.478 e. The Balaban J connectivity index is 1.33. The molecule has 34 heavy (non-hydrogen) atoms. The molecule has 0 saturated carbocycles. The smallest absolute Gasteiger partial charge is 0.338 e. The van der Waals surface area contributed by atoms with E-state index in [2.05, 4.69) is 16.4 Å². The summed E-state index contributed by atoms with van der Waals surface area (Å²) in [6.45, 7) is 1.11. The Kier molecular flexibility index (Phi) is 5.59. The number of hydrogen-bond acceptors (Lipinski definition) is 5. The molecule has 0 amide bonds. The molecule has 3 N–H and O–H groups in total. The molecule has 0 aliphatic carbocycles. The van der Waals surface area contributed by atoms with Crippen molar-refractivity contribution >= 4 is 28.5 Å². The van der Waals surface area contributed by atoms with Gasteiger partial charge in [-0.15, -0.1) is 0 Å². The van der Waals surface area contributed by atoms with Crippen molar-refractivity contribution in [1.29, 1.82) is 0 Å². The monoisotopic (exact) mass is 454 g/mol. The third-order valence-electron chi connectivity index (χ3n) is 6.00. The van der Waals surface area contributed by atoms with E-state index in [4.69, 9.17) is 9.84 Å². The van der Waals surface area contributed by atoms with Crippen LogP contribution in [0.2, 0.25) is 0 Å². The van der Waals surface area contributed by atoms with E-state index in [9.17, 15) is 14.4 Å². The van der Waals surface area contributed by atoms with Gasteiger partial charge in [-0.3, -0.25) is 4.79 Å². The van der Waals surface area contributed by atoms with E-state index >= 15 is 0 Å². The lowest BCUT2D eigenvalue weighted by atomic mass is 10.0. The fourth-order valence-corrected chi connectivity index (χ4v) is 4.18. The SMILES string of the molecule is O=C(O)c1ccc(Cc2cc3cc(C(=O)OCc4ccc5c(c4)CCN5)ccc3[nH]c2=O)cc1. The van der Waals surface area contributed by atoms with Crippen molar-refractivity contribution in [2.24, 2.45) is 0 Å². The molecule has 0 atom stereocenters. The largest absolute Gasteiger partial charge is 0.478 e. The topological polar surface area (TPSA) is 108 Å². The second-order valence-electron chi connectivity index (χ2n) is 8.35. The summed E-state index contributed by atoms with van der Waals surface area (Å²) in [6, 6.07) is 19.2. The first-order valence-electron chi connectivity index (χ1n) is 11.0. The maximum absolute atomic E-state index is 12.7. The molecule has 0 bridgehead atoms. The van der Waals surface area contributed by atoms with Gasteiger partial charge in [-0.1, -0.05) is 24.3 Å². The number of fused-ring (bicyclic) bond motifs is 2. The van der Waals surface area contributed by atoms with Crippen LogP contribution in [0.5, 0.6) is 0 Å². The number of aromatic nitrogens is 1. The minimum absolute atomic E-state index is 0.188. The highest BCUT2D eigenvalue weighted by Crippen LogP contribution is 2.24. The zero-order chi connectivity index (χ0) is 23.7. The van der Waals surface area contributed by atoms with Crippen LogP contribution in [0.15, 0.2) is 71.5 Å². The third kappa shape index (κ3) is 4.41. The minimum atomic E-state index is -0.997. The van der Waals surface area contributed by atoms with E-state index < -0.39 is 11.9 Å². The van der Waals surface area contributed by atoms with Crippen molar-refractivity contribution in [2.45, 2.75) is 19.4 Å². The highest BCUT2D eigenvalue weighted by molar-refractivity contribution is 5.94. The van der Waals surface area contributed by atoms with Crippen molar-refractivity contribution < 1.29 is 19.4 Å². The van der Waals surface area contributed by atoms with E-state index in [-0.39, 0.29) is 17.7 Å². The summed E-state index contributed by atoms with van der Waals surface area (Å²) in [5.41, 5.74) is 5.63. The van der Waals surface area contributed by atoms with Gasteiger partial charge in [0.05, 0.1) is 11.1 Å². The predicted molar refractivity (Wildman–Crippen MR) is 129 cm³/mol. The molecule has 0 spiro atoms. The number of carboxylic acid groups (broad SMARTS) is 1. The Morgan fingerprint density at radius 1 is 0.912 bits per heavy atom. The van der Waals surface area contributed by atoms with Gasteiger partial charge in [0.15, 0.2) is 0 Å². The Morgan fingerprint density at radius 2 is 1.68 bits per heavy atom. The van der Waals surface area contributed by atoms with Gasteiger partial charge in [-0.25, -0.2) is 9.59 Å². The van der Waals surface area contributed by atoms with Crippen molar-refractivity contribution in [3.8, 4) is 0 Å². The van der Waals surface area contributed by atoms with Crippen LogP contribution in [0.25, 0.3) is 10.9 Å². The molecule has 7 heteroatoms. The molecule has 0 fully saturated rings. The molecular formula is C27H22N2O5. The average Bonchev–Trinajstić information content (AvgIpc) is 3.31. The Labute approximate surface area is 195 Å². The van der Waals surface area contributed by atoms with Gasteiger partial charge in [-0.2, -0.15) is 0 Å². The van der Waals surface area contributed by atoms with Crippen LogP contribution in [-0.4, -0.2) is 28.6 Å². The number of aromatic carboxylic acids is 1. The molecule has 170 valence electrons. The molecular weight excluding hydrogens is 432 g/mol. The van der Waals surface area contributed by atoms with E-state index in [0.717, 1.165) is 35.2 Å². The Hall–Kier alpha value is -4.39. The quantitative estimate of drug-likeness (QED) is 0.378. The molecule has 0 saturated heterocycles. The number of pyridine rings is 1. The van der Waals surface area contributed by atoms with Crippen molar-refractivity contribution in [2.75, 3.05) is 11.9 Å². The fraction of sp³-hybridized carbons (Fsp3) is 0.148. The van der Waals surface area contributed by atoms with E-state index in [1.165, 1.54) is 17.7 Å². The van der Waals surface area contributed by atoms with Gasteiger partial charge >= 0.3 is 11.9 Å². The lowest BCUT2D eigenvalue weighted by Gasteiger charge is -2.09. The number of hydrogen-bond donors (Lipinski definition) is 3. The first-order valence-corrected chi connectivity index (χ1v) is 11.0. The number of esters is 1. The summed E-state index contributed by atoms with van der Waals surface area (Å²) in [5.74, 6) is -1.43. The van der Waals surface area contributed by atoms with Crippen molar-refractivity contribution in [3.63, 3.8) is 0 Å². The Morgan fingerprint density at radius 3 is 2.47 bits per heavy atom. The lowest BCUT2D eigenvalue weighted by molar-refractivity contribution is 0.0472. The number of aromatic amines is 1. The first kappa shape index (κ1) is 21.5. The summed E-state index contributed by atoms with van der Waals surface area (Å²) >= 11 is 0. The van der Waals surface area contributed by atoms with Crippen LogP contribution in [-0.2, 0) is 24.2 Å². The number of nitrogens with one attached hydrogen (secondary N) is 2. The number of rotatable bonds is 6. The normalized spacial score (nSPS) is 12.2. The number of anilines is 1. The highest BCUT2D eigenvalue weighted by atomic mass is 16.5. The molecule has 4 aromatic rings. The number of H-pyrrole nitrogens is 1. The molecule has 7 nitrogen and oxygen atoms in total. The van der Waals surface area contributed by atoms with Crippen LogP contribution in [0.4, 0.5) is 5.69 Å². The number of carbonyl (C=O) groups excluding carboxylic acids is 1. The maximum atomic E-state index is 12.7. The number of carboxylic acids is 1. The number of carbonyl (C=O) groups is 2. The average molecular weight is 454 g/mol. The van der Waals surface area contributed by atoms with Gasteiger partial charge < -0.3 is 20.1 Å². The maximum Gasteiger partial charge on any atom is 0.338 e. The zero-order valence-electron chi connectivity index (χ0n) is 18.3. The van der Waals surface area contributed by atoms with Gasteiger partial charge in [0.1, 0.15) is 6.61 Å². The van der Waals surface area contributed by atoms with Gasteiger partial charge in [0.25, 0.3) is 5.56 Å². The second kappa shape index (κ2) is 8.86. The number of benzene rings is 3. The van der Waals surface area contributed by atoms with Crippen LogP contribution >= 0.6 is 0 Å². The molecule has 1 aromatic heterocycles. The molecule has 0 unspecified atom stereocenters. The van der Waals surface area contributed by atoms with Crippen molar-refractivity contribution in [1.82, 2.24) is 4.98 Å². The van der Waals surface area contributed by atoms with Gasteiger partial charge in [0.2, 0.25) is 0 Å². The van der Waals surface area contributed by atoms with Crippen LogP contribution in [0, 0.1) is 0 Å². The molecule has 1 aliphatic rings. The summed E-state index contributed by atoms with van der Waals surface area (Å²) in [6.07, 6.45) is 1.30. The Bertz CT molecular complexity index is 1470. The van der Waals surface area contributed by atoms with Crippen LogP contribution in [0.3, 0.4) is 0 Å². The summed E-state index contributed by atoms with van der Waals surface area (Å²) in [4.78, 5) is 39.1. The summed E-state index contributed by atoms with van der Waals surface area (Å²) in [7, 11) is 0. The van der Waals surface area contributed by atoms with E-state index in [0.29, 0.717) is 23.1 Å². The first-order chi connectivity index (χ1) is 16.5. The van der Waals surface area contributed by atoms with Crippen LogP contribution in [0.1, 0.15) is 43.0 Å². The molecule has 2 heterocycles. The molecule has 3 aromatic carbocycles. The summed E-state index contributed by atoms with van der Waals surface area (Å²) in [5, 5.41) is 13.1. The van der Waals surface area contributed by atoms with E-state index in [1.54, 1.807) is 36.4 Å². The molecule has 5 rings (SSSR count). The third-order valence-corrected chi connectivity index (χ3v) is 6.00. The summed E-state index contributed by atoms with van der Waals surface area (Å²) < 4.78 is 5.52. The number of ether oxygens (including phenoxy) is 1. The molecule has 1 aliphatic heterocycles. The predicted octanol–water partition coefficient (Wildman–Crippen LogP) is 4.14. The van der Waals surface area contributed by atoms with Crippen LogP contribution < -0.4 is 10.9 Å². The second-order valence-corrected chi connectivity index (χ2v) is 8.35. The lowest BCUT2D eigenvalue weighted by Crippen LogP contribution is -2.13. The van der Waals surface area contributed by atoms with Gasteiger partial charge in [0, 0.05) is 29.7 Å². The fourth-order valence-electron chi connectivity index (χ4n) is 4.18. The van der Waals surface area contributed by atoms with Crippen molar-refractivity contribution in [3.05, 3.63) is 110 Å². The highest BCUT2D eigenvalue weighted by Gasteiger charge is 2.13. The molecule has 0 radical (unpaired) electrons. The standard InChI is InChI=1S/C27H22N2O5/c30-25-22(11-16-1-4-18(5-2-16)26(31)32)14-21-13-20(6-8-24(21)29-25)27(33)34-15-17-3-7-23-19(12-17)9-10-28-23/h1-8,12-14,28H,9-11,15H2,(H,29,30)(H,31,32). The van der Waals surface area contributed by atoms with E-state index in [1.807, 2.05) is 12.1 Å².